The smallest absolute Gasteiger partial charge is 0.292 e. The first kappa shape index (κ1) is 14.7. The highest BCUT2D eigenvalue weighted by Gasteiger charge is 2.13. The predicted octanol–water partition coefficient (Wildman–Crippen LogP) is 3.70. The van der Waals surface area contributed by atoms with Crippen LogP contribution in [-0.4, -0.2) is 14.9 Å². The lowest BCUT2D eigenvalue weighted by Gasteiger charge is -2.08. The van der Waals surface area contributed by atoms with Crippen LogP contribution in [0.2, 0.25) is 0 Å². The van der Waals surface area contributed by atoms with Crippen molar-refractivity contribution in [1.29, 1.82) is 0 Å². The van der Waals surface area contributed by atoms with Gasteiger partial charge in [-0.3, -0.25) is 10.1 Å². The minimum absolute atomic E-state index is 0. The summed E-state index contributed by atoms with van der Waals surface area (Å²) in [6.45, 7) is 0. The average Bonchev–Trinajstić information content (AvgIpc) is 2.48. The van der Waals surface area contributed by atoms with Crippen molar-refractivity contribution in [3.8, 4) is 0 Å². The van der Waals surface area contributed by atoms with Gasteiger partial charge in [0.2, 0.25) is 0 Å². The Kier molecular flexibility index (Phi) is 4.30. The number of nitro benzene ring substituents is 1. The average molecular weight is 303 g/mol. The van der Waals surface area contributed by atoms with Crippen LogP contribution in [0.4, 0.5) is 17.2 Å². The molecule has 0 bridgehead atoms. The Bertz CT molecular complexity index is 789. The summed E-state index contributed by atoms with van der Waals surface area (Å²) in [5, 5.41) is 14.8. The third kappa shape index (κ3) is 2.90. The normalized spacial score (nSPS) is 9.90. The Morgan fingerprint density at radius 1 is 1.00 bits per heavy atom. The Labute approximate surface area is 126 Å². The maximum absolute atomic E-state index is 11.0. The molecule has 6 nitrogen and oxygen atoms in total. The largest absolute Gasteiger partial charge is 0.334 e. The van der Waals surface area contributed by atoms with Gasteiger partial charge in [0, 0.05) is 11.5 Å². The maximum atomic E-state index is 11.0. The number of para-hydroxylation sites is 3. The molecule has 0 aliphatic rings. The molecule has 0 saturated carbocycles. The summed E-state index contributed by atoms with van der Waals surface area (Å²) in [5.41, 5.74) is 1.19. The van der Waals surface area contributed by atoms with Gasteiger partial charge in [-0.2, -0.15) is 0 Å². The first-order valence-corrected chi connectivity index (χ1v) is 5.96. The number of fused-ring (bicyclic) bond motifs is 1. The van der Waals surface area contributed by atoms with Crippen molar-refractivity contribution in [2.75, 3.05) is 5.32 Å². The first-order chi connectivity index (χ1) is 9.75. The number of hydrogen-bond donors (Lipinski definition) is 1. The summed E-state index contributed by atoms with van der Waals surface area (Å²) < 4.78 is 0. The van der Waals surface area contributed by atoms with Crippen molar-refractivity contribution in [1.82, 2.24) is 9.97 Å². The molecule has 0 saturated heterocycles. The summed E-state index contributed by atoms with van der Waals surface area (Å²) in [6.07, 6.45) is 1.43. The topological polar surface area (TPSA) is 81.0 Å². The van der Waals surface area contributed by atoms with Gasteiger partial charge in [-0.25, -0.2) is 9.97 Å². The minimum Gasteiger partial charge on any atom is -0.334 e. The second-order valence-electron chi connectivity index (χ2n) is 4.14. The quantitative estimate of drug-likeness (QED) is 0.589. The Hall–Kier alpha value is -2.73. The number of nitro groups is 1. The van der Waals surface area contributed by atoms with Crippen molar-refractivity contribution in [3.05, 3.63) is 65.0 Å². The molecule has 0 spiro atoms. The third-order valence-electron chi connectivity index (χ3n) is 2.90. The lowest BCUT2D eigenvalue weighted by Crippen LogP contribution is -1.99. The van der Waals surface area contributed by atoms with Gasteiger partial charge in [-0.1, -0.05) is 24.3 Å². The summed E-state index contributed by atoms with van der Waals surface area (Å²) in [5.74, 6) is 0.546. The first-order valence-electron chi connectivity index (χ1n) is 5.96. The van der Waals surface area contributed by atoms with E-state index in [1.165, 1.54) is 12.4 Å². The summed E-state index contributed by atoms with van der Waals surface area (Å²) in [4.78, 5) is 18.9. The molecule has 0 radical (unpaired) electrons. The van der Waals surface area contributed by atoms with E-state index in [-0.39, 0.29) is 18.1 Å². The number of nitrogens with zero attached hydrogens (tertiary/aromatic N) is 3. The zero-order chi connectivity index (χ0) is 13.9. The zero-order valence-corrected chi connectivity index (χ0v) is 11.6. The number of anilines is 2. The molecular formula is C14H11ClN4O2. The molecule has 3 rings (SSSR count). The van der Waals surface area contributed by atoms with E-state index < -0.39 is 4.92 Å². The lowest BCUT2D eigenvalue weighted by atomic mass is 10.2. The van der Waals surface area contributed by atoms with Gasteiger partial charge >= 0.3 is 0 Å². The van der Waals surface area contributed by atoms with E-state index in [1.807, 2.05) is 24.3 Å². The highest BCUT2D eigenvalue weighted by atomic mass is 35.5. The number of benzene rings is 2. The second kappa shape index (κ2) is 6.15. The van der Waals surface area contributed by atoms with E-state index in [2.05, 4.69) is 15.3 Å². The molecule has 0 unspecified atom stereocenters. The fraction of sp³-hybridized carbons (Fsp3) is 0. The molecule has 0 fully saturated rings. The lowest BCUT2D eigenvalue weighted by molar-refractivity contribution is -0.383. The number of hydrogen-bond acceptors (Lipinski definition) is 5. The maximum Gasteiger partial charge on any atom is 0.292 e. The van der Waals surface area contributed by atoms with Crippen molar-refractivity contribution in [2.24, 2.45) is 0 Å². The predicted molar refractivity (Wildman–Crippen MR) is 83.2 cm³/mol. The van der Waals surface area contributed by atoms with Gasteiger partial charge in [-0.05, 0) is 18.2 Å². The Morgan fingerprint density at radius 2 is 1.71 bits per heavy atom. The monoisotopic (exact) mass is 302 g/mol. The van der Waals surface area contributed by atoms with E-state index in [1.54, 1.807) is 18.2 Å². The van der Waals surface area contributed by atoms with Gasteiger partial charge in [0.25, 0.3) is 5.69 Å². The van der Waals surface area contributed by atoms with Crippen molar-refractivity contribution in [2.45, 2.75) is 0 Å². The van der Waals surface area contributed by atoms with E-state index >= 15 is 0 Å². The van der Waals surface area contributed by atoms with Gasteiger partial charge in [-0.15, -0.1) is 12.4 Å². The highest BCUT2D eigenvalue weighted by Crippen LogP contribution is 2.28. The summed E-state index contributed by atoms with van der Waals surface area (Å²) >= 11 is 0. The van der Waals surface area contributed by atoms with Gasteiger partial charge in [0.05, 0.1) is 10.4 Å². The third-order valence-corrected chi connectivity index (χ3v) is 2.90. The molecule has 106 valence electrons. The fourth-order valence-electron chi connectivity index (χ4n) is 1.97. The Morgan fingerprint density at radius 3 is 2.52 bits per heavy atom. The van der Waals surface area contributed by atoms with Crippen LogP contribution in [0.5, 0.6) is 0 Å². The fourth-order valence-corrected chi connectivity index (χ4v) is 1.97. The van der Waals surface area contributed by atoms with Gasteiger partial charge in [0.1, 0.15) is 17.8 Å². The molecule has 1 aromatic heterocycles. The van der Waals surface area contributed by atoms with Crippen LogP contribution < -0.4 is 5.32 Å². The van der Waals surface area contributed by atoms with Crippen LogP contribution >= 0.6 is 12.4 Å². The van der Waals surface area contributed by atoms with Crippen LogP contribution in [-0.2, 0) is 0 Å². The van der Waals surface area contributed by atoms with E-state index in [9.17, 15) is 10.1 Å². The molecular weight excluding hydrogens is 292 g/mol. The number of halogens is 1. The highest BCUT2D eigenvalue weighted by molar-refractivity contribution is 5.91. The van der Waals surface area contributed by atoms with Crippen molar-refractivity contribution < 1.29 is 4.92 Å². The molecule has 1 heterocycles. The van der Waals surface area contributed by atoms with Crippen LogP contribution in [0, 0.1) is 10.1 Å². The van der Waals surface area contributed by atoms with Gasteiger partial charge in [0.15, 0.2) is 0 Å². The van der Waals surface area contributed by atoms with Crippen molar-refractivity contribution in [3.63, 3.8) is 0 Å². The number of rotatable bonds is 3. The molecule has 21 heavy (non-hydrogen) atoms. The molecule has 1 N–H and O–H groups in total. The van der Waals surface area contributed by atoms with E-state index in [0.29, 0.717) is 11.5 Å². The molecule has 0 aliphatic heterocycles. The number of nitrogens with one attached hydrogen (secondary N) is 1. The molecule has 0 amide bonds. The van der Waals surface area contributed by atoms with Crippen LogP contribution in [0.25, 0.3) is 10.9 Å². The molecule has 7 heteroatoms. The van der Waals surface area contributed by atoms with E-state index in [0.717, 1.165) is 10.9 Å². The second-order valence-corrected chi connectivity index (χ2v) is 4.14. The van der Waals surface area contributed by atoms with Crippen LogP contribution in [0.1, 0.15) is 0 Å². The van der Waals surface area contributed by atoms with Crippen molar-refractivity contribution >= 4 is 40.5 Å². The summed E-state index contributed by atoms with van der Waals surface area (Å²) in [6, 6.07) is 13.9. The summed E-state index contributed by atoms with van der Waals surface area (Å²) in [7, 11) is 0. The van der Waals surface area contributed by atoms with E-state index in [4.69, 9.17) is 0 Å². The van der Waals surface area contributed by atoms with Crippen LogP contribution in [0.3, 0.4) is 0 Å². The number of aromatic nitrogens is 2. The molecule has 2 aromatic carbocycles. The van der Waals surface area contributed by atoms with Crippen LogP contribution in [0.15, 0.2) is 54.9 Å². The standard InChI is InChI=1S/C14H10N4O2.ClH/c19-18(20)13-8-4-3-7-12(13)17-14-10-5-1-2-6-11(10)15-9-16-14;/h1-9H,(H,15,16,17);1H. The molecule has 3 aromatic rings. The zero-order valence-electron chi connectivity index (χ0n) is 10.8. The Balaban J connectivity index is 0.00000161. The SMILES string of the molecule is Cl.O=[N+]([O-])c1ccccc1Nc1ncnc2ccccc12. The molecule has 0 atom stereocenters. The molecule has 0 aliphatic carbocycles. The van der Waals surface area contributed by atoms with Gasteiger partial charge < -0.3 is 5.32 Å². The minimum atomic E-state index is -0.425.